The average molecular weight is 648 g/mol. The van der Waals surface area contributed by atoms with E-state index in [4.69, 9.17) is 15.6 Å². The zero-order valence-corrected chi connectivity index (χ0v) is 28.1. The quantitative estimate of drug-likeness (QED) is 0.0886. The number of carboxylic acids is 1. The van der Waals surface area contributed by atoms with Crippen LogP contribution in [0.25, 0.3) is 10.8 Å². The van der Waals surface area contributed by atoms with Gasteiger partial charge in [0.05, 0.1) is 11.3 Å². The summed E-state index contributed by atoms with van der Waals surface area (Å²) in [5.41, 5.74) is 6.27. The van der Waals surface area contributed by atoms with E-state index in [1.807, 2.05) is 31.1 Å². The summed E-state index contributed by atoms with van der Waals surface area (Å²) in [4.78, 5) is 38.2. The van der Waals surface area contributed by atoms with Crippen LogP contribution in [0, 0.1) is 0 Å². The van der Waals surface area contributed by atoms with Crippen LogP contribution in [0.3, 0.4) is 0 Å². The molecule has 2 rings (SSSR count). The highest BCUT2D eigenvalue weighted by Crippen LogP contribution is 2.30. The Bertz CT molecular complexity index is 1330. The standard InChI is InChI=1S/C34H53N3O7S/c1-4-5-6-7-8-9-10-11-12-13-14-18-26(25-32(35)38)44-34(41)29(21-17-24-33(39)40)36-45(42,43)31-23-16-19-27-28(31)20-15-22-30(27)37(2)3/h15-16,19-20,22-23,26,29,36H,4-14,17-18,21,24-25H2,1-3H3,(H2,35,38)(H,39,40)/t26-,29-/m0/s1. The lowest BCUT2D eigenvalue weighted by Crippen LogP contribution is -2.43. The van der Waals surface area contributed by atoms with Crippen LogP contribution in [-0.2, 0) is 29.1 Å². The minimum absolute atomic E-state index is 0.00520. The van der Waals surface area contributed by atoms with Crippen molar-refractivity contribution in [2.75, 3.05) is 19.0 Å². The number of primary amides is 1. The summed E-state index contributed by atoms with van der Waals surface area (Å²) >= 11 is 0. The molecule has 0 saturated heterocycles. The van der Waals surface area contributed by atoms with Gasteiger partial charge in [-0.2, -0.15) is 4.72 Å². The summed E-state index contributed by atoms with van der Waals surface area (Å²) in [6, 6.07) is 8.93. The number of anilines is 1. The smallest absolute Gasteiger partial charge is 0.324 e. The number of amides is 1. The second-order valence-corrected chi connectivity index (χ2v) is 13.7. The summed E-state index contributed by atoms with van der Waals surface area (Å²) in [6.07, 6.45) is 11.9. The number of rotatable bonds is 24. The fraction of sp³-hybridized carbons (Fsp3) is 0.618. The van der Waals surface area contributed by atoms with Gasteiger partial charge in [-0.3, -0.25) is 14.4 Å². The van der Waals surface area contributed by atoms with Crippen molar-refractivity contribution in [2.24, 2.45) is 5.73 Å². The lowest BCUT2D eigenvalue weighted by atomic mass is 10.0. The topological polar surface area (TPSA) is 156 Å². The Labute approximate surface area is 269 Å². The van der Waals surface area contributed by atoms with Crippen molar-refractivity contribution in [1.29, 1.82) is 0 Å². The Morgan fingerprint density at radius 1 is 0.844 bits per heavy atom. The van der Waals surface area contributed by atoms with E-state index in [9.17, 15) is 22.8 Å². The zero-order chi connectivity index (χ0) is 33.2. The monoisotopic (exact) mass is 647 g/mol. The predicted octanol–water partition coefficient (Wildman–Crippen LogP) is 6.30. The first-order chi connectivity index (χ1) is 21.5. The molecule has 10 nitrogen and oxygen atoms in total. The highest BCUT2D eigenvalue weighted by molar-refractivity contribution is 7.89. The molecule has 4 N–H and O–H groups in total. The number of nitrogens with one attached hydrogen (secondary N) is 1. The van der Waals surface area contributed by atoms with Gasteiger partial charge in [0.2, 0.25) is 15.9 Å². The van der Waals surface area contributed by atoms with E-state index in [0.717, 1.165) is 36.8 Å². The Kier molecular flexibility index (Phi) is 16.9. The number of carboxylic acid groups (broad SMARTS) is 1. The number of nitrogens with zero attached hydrogens (tertiary/aromatic N) is 1. The highest BCUT2D eigenvalue weighted by Gasteiger charge is 2.30. The lowest BCUT2D eigenvalue weighted by molar-refractivity contribution is -0.153. The van der Waals surface area contributed by atoms with Crippen LogP contribution in [-0.4, -0.2) is 57.6 Å². The minimum Gasteiger partial charge on any atom is -0.481 e. The van der Waals surface area contributed by atoms with E-state index >= 15 is 0 Å². The van der Waals surface area contributed by atoms with E-state index in [2.05, 4.69) is 11.6 Å². The first-order valence-electron chi connectivity index (χ1n) is 16.4. The number of carbonyl (C=O) groups excluding carboxylic acids is 2. The molecule has 2 aromatic rings. The van der Waals surface area contributed by atoms with Crippen LogP contribution >= 0.6 is 0 Å². The molecule has 0 unspecified atom stereocenters. The highest BCUT2D eigenvalue weighted by atomic mass is 32.2. The molecule has 252 valence electrons. The number of sulfonamides is 1. The van der Waals surface area contributed by atoms with Crippen molar-refractivity contribution >= 4 is 44.3 Å². The molecular weight excluding hydrogens is 594 g/mol. The van der Waals surface area contributed by atoms with Gasteiger partial charge >= 0.3 is 11.9 Å². The number of ether oxygens (including phenoxy) is 1. The fourth-order valence-corrected chi connectivity index (χ4v) is 6.97. The molecule has 0 heterocycles. The Balaban J connectivity index is 2.08. The van der Waals surface area contributed by atoms with E-state index in [0.29, 0.717) is 11.8 Å². The molecule has 0 spiro atoms. The van der Waals surface area contributed by atoms with Gasteiger partial charge in [0.25, 0.3) is 0 Å². The maximum atomic E-state index is 13.7. The third kappa shape index (κ3) is 13.8. The van der Waals surface area contributed by atoms with Crippen LogP contribution in [0.2, 0.25) is 0 Å². The van der Waals surface area contributed by atoms with Gasteiger partial charge in [-0.1, -0.05) is 95.4 Å². The average Bonchev–Trinajstić information content (AvgIpc) is 2.98. The Morgan fingerprint density at radius 3 is 2.00 bits per heavy atom. The number of fused-ring (bicyclic) bond motifs is 1. The third-order valence-electron chi connectivity index (χ3n) is 7.94. The first kappa shape index (κ1) is 38.0. The molecule has 0 fully saturated rings. The van der Waals surface area contributed by atoms with Crippen LogP contribution in [0.5, 0.6) is 0 Å². The van der Waals surface area contributed by atoms with Gasteiger partial charge in [-0.05, 0) is 37.8 Å². The van der Waals surface area contributed by atoms with Gasteiger partial charge in [0, 0.05) is 37.0 Å². The van der Waals surface area contributed by atoms with Gasteiger partial charge in [0.1, 0.15) is 12.1 Å². The molecule has 0 aliphatic rings. The van der Waals surface area contributed by atoms with E-state index in [1.165, 1.54) is 51.0 Å². The summed E-state index contributed by atoms with van der Waals surface area (Å²) in [5.74, 6) is -2.53. The van der Waals surface area contributed by atoms with Crippen molar-refractivity contribution in [1.82, 2.24) is 4.72 Å². The molecule has 1 amide bonds. The number of hydrogen-bond donors (Lipinski definition) is 3. The van der Waals surface area contributed by atoms with Crippen molar-refractivity contribution in [2.45, 2.75) is 127 Å². The molecule has 0 aliphatic carbocycles. The van der Waals surface area contributed by atoms with Crippen molar-refractivity contribution in [3.63, 3.8) is 0 Å². The molecule has 0 aliphatic heterocycles. The molecular formula is C34H53N3O7S. The van der Waals surface area contributed by atoms with Gasteiger partial charge in [-0.25, -0.2) is 8.42 Å². The number of hydrogen-bond acceptors (Lipinski definition) is 7. The van der Waals surface area contributed by atoms with E-state index in [1.54, 1.807) is 18.2 Å². The van der Waals surface area contributed by atoms with Gasteiger partial charge in [0.15, 0.2) is 0 Å². The molecule has 2 aromatic carbocycles. The minimum atomic E-state index is -4.23. The molecule has 0 aromatic heterocycles. The first-order valence-corrected chi connectivity index (χ1v) is 17.9. The van der Waals surface area contributed by atoms with Crippen molar-refractivity contribution in [3.8, 4) is 0 Å². The molecule has 11 heteroatoms. The number of carbonyl (C=O) groups is 3. The summed E-state index contributed by atoms with van der Waals surface area (Å²) in [6.45, 7) is 2.21. The van der Waals surface area contributed by atoms with Crippen LogP contribution in [0.1, 0.15) is 110 Å². The van der Waals surface area contributed by atoms with E-state index < -0.39 is 40.0 Å². The Morgan fingerprint density at radius 2 is 1.42 bits per heavy atom. The zero-order valence-electron chi connectivity index (χ0n) is 27.3. The third-order valence-corrected chi connectivity index (χ3v) is 9.47. The predicted molar refractivity (Wildman–Crippen MR) is 179 cm³/mol. The summed E-state index contributed by atoms with van der Waals surface area (Å²) in [7, 11) is -0.505. The molecule has 0 radical (unpaired) electrons. The largest absolute Gasteiger partial charge is 0.481 e. The van der Waals surface area contributed by atoms with Crippen molar-refractivity contribution < 1.29 is 32.6 Å². The van der Waals surface area contributed by atoms with Crippen LogP contribution in [0.15, 0.2) is 41.3 Å². The molecule has 0 saturated carbocycles. The maximum Gasteiger partial charge on any atom is 0.324 e. The summed E-state index contributed by atoms with van der Waals surface area (Å²) < 4.78 is 35.5. The number of esters is 1. The Hall–Kier alpha value is -3.18. The summed E-state index contributed by atoms with van der Waals surface area (Å²) in [5, 5.41) is 10.3. The number of unbranched alkanes of at least 4 members (excludes halogenated alkanes) is 10. The second kappa shape index (κ2) is 20.0. The fourth-order valence-electron chi connectivity index (χ4n) is 5.53. The second-order valence-electron chi connectivity index (χ2n) is 12.0. The lowest BCUT2D eigenvalue weighted by Gasteiger charge is -2.23. The number of nitrogens with two attached hydrogens (primary N) is 1. The number of aliphatic carboxylic acids is 1. The van der Waals surface area contributed by atoms with E-state index in [-0.39, 0.29) is 30.6 Å². The molecule has 45 heavy (non-hydrogen) atoms. The molecule has 0 bridgehead atoms. The maximum absolute atomic E-state index is 13.7. The number of benzene rings is 2. The van der Waals surface area contributed by atoms with Crippen LogP contribution in [0.4, 0.5) is 5.69 Å². The normalized spacial score (nSPS) is 13.0. The van der Waals surface area contributed by atoms with Crippen LogP contribution < -0.4 is 15.4 Å². The van der Waals surface area contributed by atoms with Gasteiger partial charge < -0.3 is 20.5 Å². The molecule has 2 atom stereocenters. The van der Waals surface area contributed by atoms with Gasteiger partial charge in [-0.15, -0.1) is 0 Å². The van der Waals surface area contributed by atoms with Crippen molar-refractivity contribution in [3.05, 3.63) is 36.4 Å². The SMILES string of the molecule is CCCCCCCCCCCCC[C@@H](CC(N)=O)OC(=O)[C@H](CCCC(=O)O)NS(=O)(=O)c1cccc2c(N(C)C)cccc12.